The summed E-state index contributed by atoms with van der Waals surface area (Å²) < 4.78 is 35.3. The van der Waals surface area contributed by atoms with E-state index >= 15 is 0 Å². The number of halogens is 1. The molecule has 1 aromatic carbocycles. The fourth-order valence-corrected chi connectivity index (χ4v) is 5.15. The Balaban J connectivity index is 1.81. The Hall–Kier alpha value is -1.31. The number of piperidine rings is 1. The highest BCUT2D eigenvalue weighted by Gasteiger charge is 2.51. The van der Waals surface area contributed by atoms with E-state index in [0.717, 1.165) is 30.4 Å². The van der Waals surface area contributed by atoms with Gasteiger partial charge < -0.3 is 14.2 Å². The Kier molecular flexibility index (Phi) is 5.98. The van der Waals surface area contributed by atoms with Crippen molar-refractivity contribution in [3.05, 3.63) is 35.1 Å². The molecule has 1 aliphatic heterocycles. The molecular formula is C22H33FN2O3S. The van der Waals surface area contributed by atoms with Crippen molar-refractivity contribution in [3.63, 3.8) is 0 Å². The summed E-state index contributed by atoms with van der Waals surface area (Å²) >= 11 is -1.28. The van der Waals surface area contributed by atoms with Crippen molar-refractivity contribution in [1.82, 2.24) is 9.62 Å². The Morgan fingerprint density at radius 1 is 1.24 bits per heavy atom. The number of nitrogens with one attached hydrogen (secondary N) is 1. The van der Waals surface area contributed by atoms with Crippen LogP contribution in [0.1, 0.15) is 71.6 Å². The molecule has 3 rings (SSSR count). The van der Waals surface area contributed by atoms with Crippen LogP contribution in [0.15, 0.2) is 18.2 Å². The third-order valence-electron chi connectivity index (χ3n) is 5.77. The van der Waals surface area contributed by atoms with Gasteiger partial charge in [0.2, 0.25) is 0 Å². The van der Waals surface area contributed by atoms with Crippen LogP contribution in [0, 0.1) is 11.2 Å². The number of rotatable bonds is 2. The first-order chi connectivity index (χ1) is 13.3. The first kappa shape index (κ1) is 22.4. The van der Waals surface area contributed by atoms with Crippen molar-refractivity contribution >= 4 is 17.5 Å². The number of hydrogen-bond donors (Lipinski definition) is 1. The molecule has 0 unspecified atom stereocenters. The van der Waals surface area contributed by atoms with Crippen LogP contribution in [0.5, 0.6) is 0 Å². The van der Waals surface area contributed by atoms with Crippen molar-refractivity contribution in [3.8, 4) is 0 Å². The highest BCUT2D eigenvalue weighted by molar-refractivity contribution is 7.90. The van der Waals surface area contributed by atoms with Gasteiger partial charge in [0.05, 0.1) is 6.04 Å². The second-order valence-corrected chi connectivity index (χ2v) is 12.3. The molecule has 162 valence electrons. The molecule has 1 heterocycles. The molecule has 1 spiro atoms. The highest BCUT2D eigenvalue weighted by Crippen LogP contribution is 2.52. The van der Waals surface area contributed by atoms with Crippen LogP contribution < -0.4 is 4.72 Å². The Morgan fingerprint density at radius 2 is 1.86 bits per heavy atom. The van der Waals surface area contributed by atoms with E-state index in [1.165, 1.54) is 6.07 Å². The molecule has 29 heavy (non-hydrogen) atoms. The van der Waals surface area contributed by atoms with Crippen molar-refractivity contribution in [1.29, 1.82) is 0 Å². The van der Waals surface area contributed by atoms with E-state index < -0.39 is 21.7 Å². The van der Waals surface area contributed by atoms with Gasteiger partial charge in [-0.2, -0.15) is 0 Å². The predicted octanol–water partition coefficient (Wildman–Crippen LogP) is 4.49. The second-order valence-electron chi connectivity index (χ2n) is 10.3. The van der Waals surface area contributed by atoms with Crippen LogP contribution in [-0.2, 0) is 22.5 Å². The molecule has 5 nitrogen and oxygen atoms in total. The lowest BCUT2D eigenvalue weighted by molar-refractivity contribution is 0.00716. The topological polar surface area (TPSA) is 64.6 Å². The summed E-state index contributed by atoms with van der Waals surface area (Å²) in [5, 5.41) is 0. The van der Waals surface area contributed by atoms with Crippen LogP contribution in [0.2, 0.25) is 0 Å². The van der Waals surface area contributed by atoms with Crippen molar-refractivity contribution < 1.29 is 18.5 Å². The first-order valence-electron chi connectivity index (χ1n) is 10.3. The number of benzene rings is 1. The fourth-order valence-electron chi connectivity index (χ4n) is 4.21. The summed E-state index contributed by atoms with van der Waals surface area (Å²) in [5.74, 6) is -0.277. The van der Waals surface area contributed by atoms with E-state index in [4.69, 9.17) is 4.74 Å². The Morgan fingerprint density at radius 3 is 2.41 bits per heavy atom. The SMILES string of the molecule is CC(C)(C)OC(=O)N1CCC2(CC1)Cc1ccc(F)cc1[C@H]2N[S@+]([O-])C(C)(C)C. The molecule has 1 saturated heterocycles. The summed E-state index contributed by atoms with van der Waals surface area (Å²) in [6.07, 6.45) is 2.00. The minimum absolute atomic E-state index is 0.185. The van der Waals surface area contributed by atoms with Crippen LogP contribution in [-0.4, -0.2) is 39.0 Å². The number of carbonyl (C=O) groups is 1. The molecule has 7 heteroatoms. The van der Waals surface area contributed by atoms with Gasteiger partial charge in [-0.1, -0.05) is 6.07 Å². The van der Waals surface area contributed by atoms with Crippen molar-refractivity contribution in [2.45, 2.75) is 77.2 Å². The van der Waals surface area contributed by atoms with Gasteiger partial charge in [-0.15, -0.1) is 4.72 Å². The number of carbonyl (C=O) groups excluding carboxylic acids is 1. The summed E-state index contributed by atoms with van der Waals surface area (Å²) in [6.45, 7) is 12.5. The lowest BCUT2D eigenvalue weighted by atomic mass is 9.73. The maximum Gasteiger partial charge on any atom is 0.410 e. The van der Waals surface area contributed by atoms with Crippen LogP contribution in [0.4, 0.5) is 9.18 Å². The molecule has 1 aliphatic carbocycles. The third-order valence-corrected chi connectivity index (χ3v) is 7.33. The zero-order valence-electron chi connectivity index (χ0n) is 18.3. The summed E-state index contributed by atoms with van der Waals surface area (Å²) in [4.78, 5) is 14.2. The zero-order chi connectivity index (χ0) is 21.6. The summed E-state index contributed by atoms with van der Waals surface area (Å²) in [7, 11) is 0. The molecule has 1 amide bonds. The number of ether oxygens (including phenoxy) is 1. The lowest BCUT2D eigenvalue weighted by Crippen LogP contribution is -2.51. The first-order valence-corrected chi connectivity index (χ1v) is 11.4. The third kappa shape index (κ3) is 4.89. The molecule has 1 fully saturated rings. The fraction of sp³-hybridized carbons (Fsp3) is 0.682. The predicted molar refractivity (Wildman–Crippen MR) is 113 cm³/mol. The van der Waals surface area contributed by atoms with Gasteiger partial charge >= 0.3 is 6.09 Å². The number of likely N-dealkylation sites (tertiary alicyclic amines) is 1. The standard InChI is InChI=1S/C22H33FN2O3S/c1-20(2,3)28-19(26)25-11-9-22(10-12-25)14-15-7-8-16(23)13-17(15)18(22)24-29(27)21(4,5)6/h7-8,13,18,24H,9-12,14H2,1-6H3/t18-,29-/m1/s1. The molecular weight excluding hydrogens is 391 g/mol. The average molecular weight is 425 g/mol. The largest absolute Gasteiger partial charge is 0.598 e. The van der Waals surface area contributed by atoms with Gasteiger partial charge in [-0.25, -0.2) is 9.18 Å². The summed E-state index contributed by atoms with van der Waals surface area (Å²) in [6, 6.07) is 4.70. The van der Waals surface area contributed by atoms with Crippen LogP contribution in [0.3, 0.4) is 0 Å². The number of fused-ring (bicyclic) bond motifs is 1. The number of hydrogen-bond acceptors (Lipinski definition) is 4. The van der Waals surface area contributed by atoms with Gasteiger partial charge in [0.1, 0.15) is 16.2 Å². The smallest absolute Gasteiger partial charge is 0.410 e. The average Bonchev–Trinajstić information content (AvgIpc) is 2.86. The monoisotopic (exact) mass is 424 g/mol. The van der Waals surface area contributed by atoms with Crippen molar-refractivity contribution in [2.75, 3.05) is 13.1 Å². The molecule has 2 atom stereocenters. The molecule has 0 radical (unpaired) electrons. The van der Waals surface area contributed by atoms with E-state index in [1.54, 1.807) is 11.0 Å². The van der Waals surface area contributed by atoms with Gasteiger partial charge in [-0.05, 0) is 84.1 Å². The molecule has 0 bridgehead atoms. The minimum Gasteiger partial charge on any atom is -0.598 e. The van der Waals surface area contributed by atoms with Gasteiger partial charge in [0, 0.05) is 29.9 Å². The molecule has 1 aromatic rings. The molecule has 2 aliphatic rings. The van der Waals surface area contributed by atoms with Crippen LogP contribution >= 0.6 is 0 Å². The number of amides is 1. The second kappa shape index (κ2) is 7.75. The lowest BCUT2D eigenvalue weighted by Gasteiger charge is -2.43. The minimum atomic E-state index is -1.28. The van der Waals surface area contributed by atoms with Gasteiger partial charge in [0.25, 0.3) is 0 Å². The molecule has 1 N–H and O–H groups in total. The molecule has 0 saturated carbocycles. The van der Waals surface area contributed by atoms with E-state index in [0.29, 0.717) is 13.1 Å². The quantitative estimate of drug-likeness (QED) is 0.711. The van der Waals surface area contributed by atoms with Gasteiger partial charge in [0.15, 0.2) is 0 Å². The zero-order valence-corrected chi connectivity index (χ0v) is 19.1. The Bertz CT molecular complexity index is 764. The Labute approximate surface area is 176 Å². The van der Waals surface area contributed by atoms with E-state index in [1.807, 2.05) is 47.6 Å². The number of nitrogens with zero attached hydrogens (tertiary/aromatic N) is 1. The van der Waals surface area contributed by atoms with E-state index in [2.05, 4.69) is 4.72 Å². The summed E-state index contributed by atoms with van der Waals surface area (Å²) in [5.41, 5.74) is 1.28. The molecule has 0 aromatic heterocycles. The van der Waals surface area contributed by atoms with Gasteiger partial charge in [-0.3, -0.25) is 0 Å². The maximum absolute atomic E-state index is 14.0. The normalized spacial score (nSPS) is 22.5. The van der Waals surface area contributed by atoms with Crippen molar-refractivity contribution in [2.24, 2.45) is 5.41 Å². The highest BCUT2D eigenvalue weighted by atomic mass is 32.2. The van der Waals surface area contributed by atoms with E-state index in [-0.39, 0.29) is 23.4 Å². The van der Waals surface area contributed by atoms with Crippen LogP contribution in [0.25, 0.3) is 0 Å². The maximum atomic E-state index is 14.0. The van der Waals surface area contributed by atoms with E-state index in [9.17, 15) is 13.7 Å².